The third kappa shape index (κ3) is 1.36. The molecule has 10 heavy (non-hydrogen) atoms. The summed E-state index contributed by atoms with van der Waals surface area (Å²) in [7, 11) is 0. The third-order valence-corrected chi connectivity index (χ3v) is 1.76. The Bertz CT molecular complexity index is 179. The fraction of sp³-hybridized carbons (Fsp3) is 0.571. The lowest BCUT2D eigenvalue weighted by atomic mass is 10.2. The van der Waals surface area contributed by atoms with Crippen LogP contribution in [0.5, 0.6) is 0 Å². The minimum absolute atomic E-state index is 0.175. The van der Waals surface area contributed by atoms with E-state index in [1.165, 1.54) is 0 Å². The number of hydrogen-bond donors (Lipinski definition) is 1. The first-order valence-corrected chi connectivity index (χ1v) is 3.45. The predicted molar refractivity (Wildman–Crippen MR) is 40.6 cm³/mol. The molecule has 0 bridgehead atoms. The van der Waals surface area contributed by atoms with Crippen molar-refractivity contribution in [1.29, 1.82) is 0 Å². The van der Waals surface area contributed by atoms with Crippen molar-refractivity contribution in [3.05, 3.63) is 18.7 Å². The van der Waals surface area contributed by atoms with Crippen LogP contribution < -0.4 is 5.73 Å². The number of nitrogens with two attached hydrogens (primary N) is 1. The molecule has 1 aromatic rings. The lowest BCUT2D eigenvalue weighted by molar-refractivity contribution is 0.465. The lowest BCUT2D eigenvalue weighted by Crippen LogP contribution is -2.26. The average molecular weight is 139 g/mol. The van der Waals surface area contributed by atoms with Crippen molar-refractivity contribution < 1.29 is 0 Å². The smallest absolute Gasteiger partial charge is 0.0948 e. The summed E-state index contributed by atoms with van der Waals surface area (Å²) in [5.41, 5.74) is 5.68. The summed E-state index contributed by atoms with van der Waals surface area (Å²) in [5.74, 6) is 0. The van der Waals surface area contributed by atoms with E-state index in [-0.39, 0.29) is 6.04 Å². The molecule has 0 radical (unpaired) electrons. The molecule has 0 saturated carbocycles. The molecule has 0 spiro atoms. The second-order valence-electron chi connectivity index (χ2n) is 2.61. The molecule has 0 aliphatic rings. The second-order valence-corrected chi connectivity index (χ2v) is 2.61. The van der Waals surface area contributed by atoms with Crippen molar-refractivity contribution in [3.8, 4) is 0 Å². The van der Waals surface area contributed by atoms with E-state index in [0.717, 1.165) is 0 Å². The van der Waals surface area contributed by atoms with Gasteiger partial charge in [-0.25, -0.2) is 4.98 Å². The van der Waals surface area contributed by atoms with E-state index < -0.39 is 0 Å². The highest BCUT2D eigenvalue weighted by Gasteiger charge is 2.06. The maximum Gasteiger partial charge on any atom is 0.0948 e. The standard InChI is InChI=1S/C7H13N3/c1-6(8)7(2)10-4-3-9-5-10/h3-7H,8H2,1-2H3/t6-,7-/m0/s1. The van der Waals surface area contributed by atoms with Crippen LogP contribution in [-0.2, 0) is 0 Å². The van der Waals surface area contributed by atoms with Crippen molar-refractivity contribution >= 4 is 0 Å². The Morgan fingerprint density at radius 3 is 2.60 bits per heavy atom. The number of aromatic nitrogens is 2. The number of nitrogens with zero attached hydrogens (tertiary/aromatic N) is 2. The van der Waals surface area contributed by atoms with Gasteiger partial charge in [-0.2, -0.15) is 0 Å². The zero-order chi connectivity index (χ0) is 7.56. The highest BCUT2D eigenvalue weighted by Crippen LogP contribution is 2.06. The van der Waals surface area contributed by atoms with Crippen LogP contribution in [0.4, 0.5) is 0 Å². The molecule has 1 rings (SSSR count). The molecular formula is C7H13N3. The molecular weight excluding hydrogens is 126 g/mol. The van der Waals surface area contributed by atoms with E-state index in [1.54, 1.807) is 12.5 Å². The zero-order valence-electron chi connectivity index (χ0n) is 6.36. The van der Waals surface area contributed by atoms with E-state index in [0.29, 0.717) is 6.04 Å². The average Bonchev–Trinajstić information content (AvgIpc) is 2.36. The summed E-state index contributed by atoms with van der Waals surface area (Å²) in [5, 5.41) is 0. The summed E-state index contributed by atoms with van der Waals surface area (Å²) in [6, 6.07) is 0.511. The van der Waals surface area contributed by atoms with Gasteiger partial charge in [0.15, 0.2) is 0 Å². The first kappa shape index (κ1) is 7.28. The van der Waals surface area contributed by atoms with Gasteiger partial charge in [0, 0.05) is 24.5 Å². The normalized spacial score (nSPS) is 16.7. The molecule has 0 aliphatic carbocycles. The number of rotatable bonds is 2. The third-order valence-electron chi connectivity index (χ3n) is 1.76. The van der Waals surface area contributed by atoms with Gasteiger partial charge in [-0.1, -0.05) is 0 Å². The summed E-state index contributed by atoms with van der Waals surface area (Å²) >= 11 is 0. The predicted octanol–water partition coefficient (Wildman–Crippen LogP) is 0.791. The van der Waals surface area contributed by atoms with E-state index in [1.807, 2.05) is 17.7 Å². The molecule has 0 saturated heterocycles. The summed E-state index contributed by atoms with van der Waals surface area (Å²) < 4.78 is 2.00. The van der Waals surface area contributed by atoms with Crippen LogP contribution in [0.3, 0.4) is 0 Å². The zero-order valence-corrected chi connectivity index (χ0v) is 6.36. The van der Waals surface area contributed by atoms with Gasteiger partial charge in [0.1, 0.15) is 0 Å². The molecule has 0 aromatic carbocycles. The Morgan fingerprint density at radius 1 is 1.50 bits per heavy atom. The Balaban J connectivity index is 2.68. The summed E-state index contributed by atoms with van der Waals surface area (Å²) in [6.45, 7) is 4.07. The molecule has 0 aliphatic heterocycles. The van der Waals surface area contributed by atoms with Crippen LogP contribution in [0.2, 0.25) is 0 Å². The highest BCUT2D eigenvalue weighted by atomic mass is 15.1. The van der Waals surface area contributed by atoms with E-state index in [9.17, 15) is 0 Å². The molecule has 3 nitrogen and oxygen atoms in total. The van der Waals surface area contributed by atoms with E-state index in [2.05, 4.69) is 11.9 Å². The van der Waals surface area contributed by atoms with Crippen LogP contribution in [0.25, 0.3) is 0 Å². The van der Waals surface area contributed by atoms with Gasteiger partial charge in [0.2, 0.25) is 0 Å². The minimum Gasteiger partial charge on any atom is -0.333 e. The van der Waals surface area contributed by atoms with Crippen LogP contribution >= 0.6 is 0 Å². The molecule has 1 heterocycles. The largest absolute Gasteiger partial charge is 0.333 e. The Labute approximate surface area is 60.9 Å². The second kappa shape index (κ2) is 2.84. The molecule has 0 fully saturated rings. The minimum atomic E-state index is 0.175. The van der Waals surface area contributed by atoms with Gasteiger partial charge in [0.25, 0.3) is 0 Å². The number of imidazole rings is 1. The molecule has 2 N–H and O–H groups in total. The SMILES string of the molecule is C[C@H](N)[C@H](C)n1ccnc1. The van der Waals surface area contributed by atoms with Crippen LogP contribution in [-0.4, -0.2) is 15.6 Å². The van der Waals surface area contributed by atoms with Gasteiger partial charge in [-0.3, -0.25) is 0 Å². The molecule has 0 unspecified atom stereocenters. The topological polar surface area (TPSA) is 43.8 Å². The van der Waals surface area contributed by atoms with Crippen LogP contribution in [0.1, 0.15) is 19.9 Å². The van der Waals surface area contributed by atoms with Crippen LogP contribution in [0.15, 0.2) is 18.7 Å². The van der Waals surface area contributed by atoms with Crippen LogP contribution in [0, 0.1) is 0 Å². The van der Waals surface area contributed by atoms with Gasteiger partial charge in [-0.05, 0) is 13.8 Å². The molecule has 1 aromatic heterocycles. The van der Waals surface area contributed by atoms with Crippen molar-refractivity contribution in [2.45, 2.75) is 25.9 Å². The summed E-state index contributed by atoms with van der Waals surface area (Å²) in [6.07, 6.45) is 5.47. The van der Waals surface area contributed by atoms with Gasteiger partial charge in [0.05, 0.1) is 6.33 Å². The van der Waals surface area contributed by atoms with Gasteiger partial charge in [-0.15, -0.1) is 0 Å². The fourth-order valence-electron chi connectivity index (χ4n) is 0.782. The van der Waals surface area contributed by atoms with Gasteiger partial charge < -0.3 is 10.3 Å². The molecule has 2 atom stereocenters. The Kier molecular flexibility index (Phi) is 2.06. The highest BCUT2D eigenvalue weighted by molar-refractivity contribution is 4.81. The fourth-order valence-corrected chi connectivity index (χ4v) is 0.782. The van der Waals surface area contributed by atoms with Crippen molar-refractivity contribution in [2.75, 3.05) is 0 Å². The monoisotopic (exact) mass is 139 g/mol. The maximum atomic E-state index is 5.68. The first-order valence-electron chi connectivity index (χ1n) is 3.45. The Hall–Kier alpha value is -0.830. The molecule has 3 heteroatoms. The van der Waals surface area contributed by atoms with Crippen molar-refractivity contribution in [2.24, 2.45) is 5.73 Å². The maximum absolute atomic E-state index is 5.68. The summed E-state index contributed by atoms with van der Waals surface area (Å²) in [4.78, 5) is 3.93. The Morgan fingerprint density at radius 2 is 2.20 bits per heavy atom. The van der Waals surface area contributed by atoms with Crippen molar-refractivity contribution in [3.63, 3.8) is 0 Å². The van der Waals surface area contributed by atoms with E-state index >= 15 is 0 Å². The quantitative estimate of drug-likeness (QED) is 0.658. The van der Waals surface area contributed by atoms with Gasteiger partial charge >= 0.3 is 0 Å². The molecule has 56 valence electrons. The molecule has 0 amide bonds. The first-order chi connectivity index (χ1) is 4.72. The number of hydrogen-bond acceptors (Lipinski definition) is 2. The lowest BCUT2D eigenvalue weighted by Gasteiger charge is -2.16. The van der Waals surface area contributed by atoms with Crippen molar-refractivity contribution in [1.82, 2.24) is 9.55 Å². The van der Waals surface area contributed by atoms with E-state index in [4.69, 9.17) is 5.73 Å².